The predicted octanol–water partition coefficient (Wildman–Crippen LogP) is 3.15. The molecule has 5 heteroatoms. The van der Waals surface area contributed by atoms with Gasteiger partial charge < -0.3 is 19.5 Å². The Hall–Kier alpha value is -1.30. The summed E-state index contributed by atoms with van der Waals surface area (Å²) in [6.07, 6.45) is 1.96. The van der Waals surface area contributed by atoms with Gasteiger partial charge in [-0.05, 0) is 71.8 Å². The van der Waals surface area contributed by atoms with E-state index in [1.165, 1.54) is 18.4 Å². The van der Waals surface area contributed by atoms with Crippen molar-refractivity contribution >= 4 is 0 Å². The van der Waals surface area contributed by atoms with Gasteiger partial charge in [0.05, 0.1) is 7.11 Å². The first kappa shape index (κ1) is 21.0. The van der Waals surface area contributed by atoms with Gasteiger partial charge in [0, 0.05) is 24.7 Å². The molecule has 26 heavy (non-hydrogen) atoms. The van der Waals surface area contributed by atoms with E-state index in [0.29, 0.717) is 24.1 Å². The largest absolute Gasteiger partial charge is 0.493 e. The fraction of sp³-hybridized carbons (Fsp3) is 0.714. The first-order valence-corrected chi connectivity index (χ1v) is 9.66. The number of benzene rings is 1. The second-order valence-corrected chi connectivity index (χ2v) is 8.32. The van der Waals surface area contributed by atoms with Gasteiger partial charge in [0.2, 0.25) is 0 Å². The van der Waals surface area contributed by atoms with Crippen molar-refractivity contribution in [1.29, 1.82) is 0 Å². The normalized spacial score (nSPS) is 18.5. The first-order chi connectivity index (χ1) is 12.2. The number of hydrogen-bond donors (Lipinski definition) is 1. The molecule has 5 nitrogen and oxygen atoms in total. The van der Waals surface area contributed by atoms with Crippen LogP contribution in [0.1, 0.15) is 46.1 Å². The lowest BCUT2D eigenvalue weighted by Crippen LogP contribution is -2.37. The van der Waals surface area contributed by atoms with E-state index >= 15 is 0 Å². The molecule has 1 fully saturated rings. The minimum Gasteiger partial charge on any atom is -0.493 e. The second kappa shape index (κ2) is 9.07. The average molecular weight is 365 g/mol. The highest BCUT2D eigenvalue weighted by Gasteiger charge is 2.31. The van der Waals surface area contributed by atoms with Crippen molar-refractivity contribution in [3.63, 3.8) is 0 Å². The van der Waals surface area contributed by atoms with Crippen LogP contribution < -0.4 is 9.47 Å². The molecule has 0 unspecified atom stereocenters. The van der Waals surface area contributed by atoms with Crippen LogP contribution in [-0.2, 0) is 6.54 Å². The molecule has 1 heterocycles. The van der Waals surface area contributed by atoms with Gasteiger partial charge in [0.25, 0.3) is 0 Å². The van der Waals surface area contributed by atoms with Crippen LogP contribution in [-0.4, -0.2) is 66.4 Å². The highest BCUT2D eigenvalue weighted by molar-refractivity contribution is 5.43. The summed E-state index contributed by atoms with van der Waals surface area (Å²) >= 11 is 0. The smallest absolute Gasteiger partial charge is 0.161 e. The van der Waals surface area contributed by atoms with Crippen LogP contribution in [0.5, 0.6) is 11.5 Å². The van der Waals surface area contributed by atoms with Crippen molar-refractivity contribution in [2.75, 3.05) is 33.9 Å². The maximum absolute atomic E-state index is 10.2. The van der Waals surface area contributed by atoms with Gasteiger partial charge in [-0.15, -0.1) is 0 Å². The Morgan fingerprint density at radius 1 is 1.27 bits per heavy atom. The van der Waals surface area contributed by atoms with Crippen LogP contribution >= 0.6 is 0 Å². The third-order valence-electron chi connectivity index (χ3n) is 5.49. The van der Waals surface area contributed by atoms with Gasteiger partial charge in [0.15, 0.2) is 11.5 Å². The Kier molecular flexibility index (Phi) is 7.33. The summed E-state index contributed by atoms with van der Waals surface area (Å²) in [4.78, 5) is 4.63. The van der Waals surface area contributed by atoms with E-state index in [4.69, 9.17) is 9.47 Å². The van der Waals surface area contributed by atoms with E-state index in [-0.39, 0.29) is 12.1 Å². The summed E-state index contributed by atoms with van der Waals surface area (Å²) in [5.74, 6) is 1.41. The van der Waals surface area contributed by atoms with Crippen LogP contribution in [0.2, 0.25) is 0 Å². The van der Waals surface area contributed by atoms with Crippen molar-refractivity contribution in [3.05, 3.63) is 23.8 Å². The number of aliphatic hydroxyl groups excluding tert-OH is 1. The van der Waals surface area contributed by atoms with Crippen molar-refractivity contribution in [2.24, 2.45) is 0 Å². The lowest BCUT2D eigenvalue weighted by atomic mass is 10.0. The van der Waals surface area contributed by atoms with E-state index in [9.17, 15) is 5.11 Å². The number of nitrogens with zero attached hydrogens (tertiary/aromatic N) is 2. The summed E-state index contributed by atoms with van der Waals surface area (Å²) in [6.45, 7) is 11.7. The van der Waals surface area contributed by atoms with Crippen LogP contribution in [0.15, 0.2) is 18.2 Å². The van der Waals surface area contributed by atoms with Crippen LogP contribution in [0.25, 0.3) is 0 Å². The molecule has 0 amide bonds. The second-order valence-electron chi connectivity index (χ2n) is 8.32. The van der Waals surface area contributed by atoms with Crippen LogP contribution in [0, 0.1) is 0 Å². The summed E-state index contributed by atoms with van der Waals surface area (Å²) in [5, 5.41) is 10.2. The predicted molar refractivity (Wildman–Crippen MR) is 106 cm³/mol. The van der Waals surface area contributed by atoms with Gasteiger partial charge in [-0.1, -0.05) is 6.07 Å². The molecule has 0 saturated carbocycles. The topological polar surface area (TPSA) is 45.2 Å². The standard InChI is InChI=1S/C21H36N2O3/c1-16(2)22(5)14-18(24)15-26-20-12-17(8-9-19(20)25-6)13-23-11-7-10-21(23,3)4/h8-9,12,16,18,24H,7,10-11,13-15H2,1-6H3/t18-/m0/s1. The molecular formula is C21H36N2O3. The van der Waals surface area contributed by atoms with Crippen molar-refractivity contribution in [1.82, 2.24) is 9.80 Å². The molecule has 0 aliphatic carbocycles. The summed E-state index contributed by atoms with van der Waals surface area (Å²) in [6, 6.07) is 6.50. The molecule has 0 aromatic heterocycles. The Morgan fingerprint density at radius 3 is 2.58 bits per heavy atom. The minimum atomic E-state index is -0.534. The van der Waals surface area contributed by atoms with Gasteiger partial charge in [0.1, 0.15) is 12.7 Å². The van der Waals surface area contributed by atoms with E-state index in [2.05, 4.69) is 43.6 Å². The Bertz CT molecular complexity index is 574. The minimum absolute atomic E-state index is 0.249. The maximum Gasteiger partial charge on any atom is 0.161 e. The molecule has 0 radical (unpaired) electrons. The highest BCUT2D eigenvalue weighted by atomic mass is 16.5. The fourth-order valence-corrected chi connectivity index (χ4v) is 3.39. The monoisotopic (exact) mass is 364 g/mol. The van der Waals surface area contributed by atoms with Crippen LogP contribution in [0.4, 0.5) is 0 Å². The van der Waals surface area contributed by atoms with Crippen molar-refractivity contribution in [3.8, 4) is 11.5 Å². The lowest BCUT2D eigenvalue weighted by molar-refractivity contribution is 0.0667. The number of likely N-dealkylation sites (tertiary alicyclic amines) is 1. The third kappa shape index (κ3) is 5.60. The average Bonchev–Trinajstić information content (AvgIpc) is 2.91. The van der Waals surface area contributed by atoms with Crippen molar-refractivity contribution < 1.29 is 14.6 Å². The molecule has 1 aromatic carbocycles. The summed E-state index contributed by atoms with van der Waals surface area (Å²) in [5.41, 5.74) is 1.46. The molecule has 1 saturated heterocycles. The molecular weight excluding hydrogens is 328 g/mol. The molecule has 1 aliphatic rings. The molecule has 2 rings (SSSR count). The van der Waals surface area contributed by atoms with E-state index in [1.54, 1.807) is 7.11 Å². The third-order valence-corrected chi connectivity index (χ3v) is 5.49. The van der Waals surface area contributed by atoms with Gasteiger partial charge >= 0.3 is 0 Å². The Labute approximate surface area is 158 Å². The van der Waals surface area contributed by atoms with Crippen molar-refractivity contribution in [2.45, 2.75) is 64.8 Å². The first-order valence-electron chi connectivity index (χ1n) is 9.66. The van der Waals surface area contributed by atoms with Crippen LogP contribution in [0.3, 0.4) is 0 Å². The lowest BCUT2D eigenvalue weighted by Gasteiger charge is -2.31. The molecule has 1 aromatic rings. The van der Waals surface area contributed by atoms with Gasteiger partial charge in [-0.2, -0.15) is 0 Å². The van der Waals surface area contributed by atoms with E-state index in [1.807, 2.05) is 19.2 Å². The van der Waals surface area contributed by atoms with Gasteiger partial charge in [-0.25, -0.2) is 0 Å². The molecule has 0 bridgehead atoms. The van der Waals surface area contributed by atoms with E-state index in [0.717, 1.165) is 13.1 Å². The molecule has 1 N–H and O–H groups in total. The molecule has 0 spiro atoms. The Balaban J connectivity index is 2.00. The summed E-state index contributed by atoms with van der Waals surface area (Å²) < 4.78 is 11.3. The zero-order valence-corrected chi connectivity index (χ0v) is 17.3. The molecule has 1 atom stereocenters. The number of ether oxygens (including phenoxy) is 2. The molecule has 148 valence electrons. The zero-order chi connectivity index (χ0) is 19.3. The quantitative estimate of drug-likeness (QED) is 0.729. The number of rotatable bonds is 9. The molecule has 1 aliphatic heterocycles. The number of hydrogen-bond acceptors (Lipinski definition) is 5. The van der Waals surface area contributed by atoms with Gasteiger partial charge in [-0.3, -0.25) is 4.90 Å². The maximum atomic E-state index is 10.2. The number of likely N-dealkylation sites (N-methyl/N-ethyl adjacent to an activating group) is 1. The highest BCUT2D eigenvalue weighted by Crippen LogP contribution is 2.33. The Morgan fingerprint density at radius 2 is 2.00 bits per heavy atom. The van der Waals surface area contributed by atoms with E-state index < -0.39 is 6.10 Å². The number of aliphatic hydroxyl groups is 1. The zero-order valence-electron chi connectivity index (χ0n) is 17.3. The number of methoxy groups -OCH3 is 1. The SMILES string of the molecule is COc1ccc(CN2CCCC2(C)C)cc1OC[C@@H](O)CN(C)C(C)C. The fourth-order valence-electron chi connectivity index (χ4n) is 3.39. The summed E-state index contributed by atoms with van der Waals surface area (Å²) in [7, 11) is 3.65.